The first kappa shape index (κ1) is 17.6. The van der Waals surface area contributed by atoms with E-state index in [9.17, 15) is 10.1 Å². The number of amides is 1. The van der Waals surface area contributed by atoms with Gasteiger partial charge in [0.2, 0.25) is 5.91 Å². The average molecular weight is 354 g/mol. The van der Waals surface area contributed by atoms with Crippen molar-refractivity contribution in [3.05, 3.63) is 41.7 Å². The van der Waals surface area contributed by atoms with Crippen LogP contribution in [0.3, 0.4) is 0 Å². The molecule has 0 saturated heterocycles. The number of hydrogen-bond acceptors (Lipinski definition) is 4. The number of imidazole rings is 1. The number of nitriles is 1. The van der Waals surface area contributed by atoms with E-state index >= 15 is 0 Å². The van der Waals surface area contributed by atoms with Gasteiger partial charge in [-0.15, -0.1) is 0 Å². The summed E-state index contributed by atoms with van der Waals surface area (Å²) in [6.45, 7) is 5.94. The first-order valence-corrected chi connectivity index (χ1v) is 9.37. The van der Waals surface area contributed by atoms with Gasteiger partial charge < -0.3 is 5.32 Å². The summed E-state index contributed by atoms with van der Waals surface area (Å²) in [5, 5.41) is 13.0. The number of benzene rings is 1. The van der Waals surface area contributed by atoms with Crippen molar-refractivity contribution in [2.45, 2.75) is 44.3 Å². The van der Waals surface area contributed by atoms with Crippen LogP contribution in [0.15, 0.2) is 35.7 Å². The molecule has 1 fully saturated rings. The van der Waals surface area contributed by atoms with E-state index in [-0.39, 0.29) is 17.6 Å². The predicted octanol–water partition coefficient (Wildman–Crippen LogP) is 3.39. The molecule has 1 saturated carbocycles. The number of nitrogens with one attached hydrogen (secondary N) is 1. The van der Waals surface area contributed by atoms with Crippen molar-refractivity contribution in [2.75, 3.05) is 5.75 Å². The molecule has 1 aliphatic rings. The van der Waals surface area contributed by atoms with Crippen LogP contribution in [0, 0.1) is 31.1 Å². The van der Waals surface area contributed by atoms with E-state index < -0.39 is 5.54 Å². The van der Waals surface area contributed by atoms with Crippen LogP contribution in [0.1, 0.15) is 30.9 Å². The maximum Gasteiger partial charge on any atom is 0.231 e. The van der Waals surface area contributed by atoms with Crippen molar-refractivity contribution >= 4 is 17.7 Å². The molecule has 0 bridgehead atoms. The largest absolute Gasteiger partial charge is 0.337 e. The standard InChI is InChI=1S/C19H22N4OS/c1-13-8-14(2)10-16(9-13)23-7-6-21-18(23)25-11-17(24)22-19(3,12-20)15-4-5-15/h6-10,15H,4-5,11H2,1-3H3,(H,22,24). The first-order chi connectivity index (χ1) is 11.9. The summed E-state index contributed by atoms with van der Waals surface area (Å²) in [4.78, 5) is 16.6. The fourth-order valence-corrected chi connectivity index (χ4v) is 3.79. The molecule has 25 heavy (non-hydrogen) atoms. The molecule has 130 valence electrons. The van der Waals surface area contributed by atoms with Crippen LogP contribution in [0.2, 0.25) is 0 Å². The lowest BCUT2D eigenvalue weighted by atomic mass is 9.98. The summed E-state index contributed by atoms with van der Waals surface area (Å²) in [5.74, 6) is 0.394. The number of thioether (sulfide) groups is 1. The summed E-state index contributed by atoms with van der Waals surface area (Å²) in [7, 11) is 0. The van der Waals surface area contributed by atoms with E-state index in [1.807, 2.05) is 17.7 Å². The number of rotatable bonds is 6. The minimum Gasteiger partial charge on any atom is -0.337 e. The SMILES string of the molecule is Cc1cc(C)cc(-n2ccnc2SCC(=O)NC(C)(C#N)C2CC2)c1. The molecule has 1 heterocycles. The Balaban J connectivity index is 1.67. The third kappa shape index (κ3) is 4.05. The van der Waals surface area contributed by atoms with E-state index in [0.29, 0.717) is 0 Å². The highest BCUT2D eigenvalue weighted by Gasteiger charge is 2.42. The van der Waals surface area contributed by atoms with E-state index in [4.69, 9.17) is 0 Å². The van der Waals surface area contributed by atoms with Crippen LogP contribution in [-0.2, 0) is 4.79 Å². The van der Waals surface area contributed by atoms with Gasteiger partial charge in [0.25, 0.3) is 0 Å². The van der Waals surface area contributed by atoms with Crippen LogP contribution < -0.4 is 5.32 Å². The second kappa shape index (κ2) is 6.93. The highest BCUT2D eigenvalue weighted by atomic mass is 32.2. The molecule has 1 aromatic heterocycles. The number of aromatic nitrogens is 2. The summed E-state index contributed by atoms with van der Waals surface area (Å²) < 4.78 is 1.99. The number of aryl methyl sites for hydroxylation is 2. The number of nitrogens with zero attached hydrogens (tertiary/aromatic N) is 3. The lowest BCUT2D eigenvalue weighted by Crippen LogP contribution is -2.47. The minimum atomic E-state index is -0.749. The van der Waals surface area contributed by atoms with Crippen LogP contribution in [0.25, 0.3) is 5.69 Å². The Hall–Kier alpha value is -2.26. The molecule has 3 rings (SSSR count). The molecule has 1 atom stereocenters. The quantitative estimate of drug-likeness (QED) is 0.807. The third-order valence-corrected chi connectivity index (χ3v) is 5.42. The molecule has 1 aromatic carbocycles. The van der Waals surface area contributed by atoms with Crippen LogP contribution >= 0.6 is 11.8 Å². The lowest BCUT2D eigenvalue weighted by molar-refractivity contribution is -0.119. The first-order valence-electron chi connectivity index (χ1n) is 8.38. The zero-order valence-electron chi connectivity index (χ0n) is 14.7. The normalized spacial score (nSPS) is 16.1. The predicted molar refractivity (Wildman–Crippen MR) is 98.6 cm³/mol. The number of carbonyl (C=O) groups is 1. The second-order valence-corrected chi connectivity index (χ2v) is 7.79. The number of hydrogen-bond donors (Lipinski definition) is 1. The molecule has 1 unspecified atom stereocenters. The van der Waals surface area contributed by atoms with Crippen molar-refractivity contribution in [3.8, 4) is 11.8 Å². The molecule has 0 spiro atoms. The molecular formula is C19H22N4OS. The Kier molecular flexibility index (Phi) is 4.87. The van der Waals surface area contributed by atoms with Gasteiger partial charge in [-0.2, -0.15) is 5.26 Å². The van der Waals surface area contributed by atoms with Gasteiger partial charge in [0.1, 0.15) is 5.54 Å². The van der Waals surface area contributed by atoms with Gasteiger partial charge in [-0.25, -0.2) is 4.98 Å². The molecule has 1 amide bonds. The molecule has 1 N–H and O–H groups in total. The monoisotopic (exact) mass is 354 g/mol. The van der Waals surface area contributed by atoms with E-state index in [2.05, 4.69) is 48.4 Å². The Morgan fingerprint density at radius 2 is 2.08 bits per heavy atom. The molecule has 1 aliphatic carbocycles. The fourth-order valence-electron chi connectivity index (χ4n) is 3.02. The summed E-state index contributed by atoms with van der Waals surface area (Å²) >= 11 is 1.38. The summed E-state index contributed by atoms with van der Waals surface area (Å²) in [6.07, 6.45) is 5.66. The topological polar surface area (TPSA) is 70.7 Å². The maximum absolute atomic E-state index is 12.3. The van der Waals surface area contributed by atoms with Gasteiger partial charge in [0.15, 0.2) is 5.16 Å². The Morgan fingerprint density at radius 3 is 2.68 bits per heavy atom. The average Bonchev–Trinajstić information content (AvgIpc) is 3.31. The van der Waals surface area contributed by atoms with Gasteiger partial charge in [0, 0.05) is 18.1 Å². The second-order valence-electron chi connectivity index (χ2n) is 6.85. The van der Waals surface area contributed by atoms with Crippen molar-refractivity contribution < 1.29 is 4.79 Å². The van der Waals surface area contributed by atoms with Crippen molar-refractivity contribution in [3.63, 3.8) is 0 Å². The fraction of sp³-hybridized carbons (Fsp3) is 0.421. The van der Waals surface area contributed by atoms with Crippen LogP contribution in [-0.4, -0.2) is 26.8 Å². The molecule has 0 aliphatic heterocycles. The van der Waals surface area contributed by atoms with Crippen molar-refractivity contribution in [1.82, 2.24) is 14.9 Å². The van der Waals surface area contributed by atoms with E-state index in [1.54, 1.807) is 6.20 Å². The lowest BCUT2D eigenvalue weighted by Gasteiger charge is -2.22. The third-order valence-electron chi connectivity index (χ3n) is 4.45. The van der Waals surface area contributed by atoms with Gasteiger partial charge in [-0.1, -0.05) is 17.8 Å². The maximum atomic E-state index is 12.3. The zero-order valence-corrected chi connectivity index (χ0v) is 15.6. The number of carbonyl (C=O) groups excluding carboxylic acids is 1. The Morgan fingerprint density at radius 1 is 1.40 bits per heavy atom. The molecular weight excluding hydrogens is 332 g/mol. The van der Waals surface area contributed by atoms with Crippen molar-refractivity contribution in [2.24, 2.45) is 5.92 Å². The van der Waals surface area contributed by atoms with Crippen molar-refractivity contribution in [1.29, 1.82) is 5.26 Å². The Bertz CT molecular complexity index is 814. The van der Waals surface area contributed by atoms with E-state index in [1.165, 1.54) is 22.9 Å². The summed E-state index contributed by atoms with van der Waals surface area (Å²) in [5.41, 5.74) is 2.66. The van der Waals surface area contributed by atoms with Gasteiger partial charge in [0.05, 0.1) is 11.8 Å². The highest BCUT2D eigenvalue weighted by Crippen LogP contribution is 2.39. The minimum absolute atomic E-state index is 0.129. The Labute approximate surface area is 152 Å². The molecule has 6 heteroatoms. The smallest absolute Gasteiger partial charge is 0.231 e. The zero-order chi connectivity index (χ0) is 18.0. The molecule has 2 aromatic rings. The van der Waals surface area contributed by atoms with Gasteiger partial charge in [-0.3, -0.25) is 9.36 Å². The molecule has 5 nitrogen and oxygen atoms in total. The molecule has 0 radical (unpaired) electrons. The van der Waals surface area contributed by atoms with Gasteiger partial charge >= 0.3 is 0 Å². The van der Waals surface area contributed by atoms with E-state index in [0.717, 1.165) is 23.7 Å². The summed E-state index contributed by atoms with van der Waals surface area (Å²) in [6, 6.07) is 8.57. The highest BCUT2D eigenvalue weighted by molar-refractivity contribution is 7.99. The van der Waals surface area contributed by atoms with Crippen LogP contribution in [0.4, 0.5) is 0 Å². The van der Waals surface area contributed by atoms with Gasteiger partial charge in [-0.05, 0) is 62.8 Å². The van der Waals surface area contributed by atoms with Crippen LogP contribution in [0.5, 0.6) is 0 Å².